The third kappa shape index (κ3) is 107. The predicted molar refractivity (Wildman–Crippen MR) is 92.8 cm³/mol. The van der Waals surface area contributed by atoms with Crippen LogP contribution in [0.1, 0.15) is 79.6 Å². The Balaban J connectivity index is -0.0000000508. The maximum absolute atomic E-state index is 10.5. The van der Waals surface area contributed by atoms with E-state index in [0.29, 0.717) is 6.42 Å². The van der Waals surface area contributed by atoms with Gasteiger partial charge >= 0.3 is 27.7 Å². The van der Waals surface area contributed by atoms with Crippen molar-refractivity contribution in [1.82, 2.24) is 0 Å². The van der Waals surface area contributed by atoms with Gasteiger partial charge in [0.1, 0.15) is 12.2 Å². The summed E-state index contributed by atoms with van der Waals surface area (Å²) in [6.45, 7) is 9.60. The van der Waals surface area contributed by atoms with Gasteiger partial charge in [-0.05, 0) is 6.42 Å². The summed E-state index contributed by atoms with van der Waals surface area (Å²) in [5.41, 5.74) is 0. The van der Waals surface area contributed by atoms with Crippen LogP contribution in [0, 0.1) is 0 Å². The van der Waals surface area contributed by atoms with E-state index in [1.807, 2.05) is 34.6 Å². The fourth-order valence-corrected chi connectivity index (χ4v) is 0.536. The van der Waals surface area contributed by atoms with Crippen molar-refractivity contribution < 1.29 is 56.8 Å². The molecule has 0 aliphatic rings. The number of carbonyl (C=O) groups excluding carboxylic acids is 1. The summed E-state index contributed by atoms with van der Waals surface area (Å²) in [6, 6.07) is 0. The molecule has 0 aromatic rings. The van der Waals surface area contributed by atoms with Crippen LogP contribution in [0.3, 0.4) is 0 Å². The van der Waals surface area contributed by atoms with Crippen LogP contribution in [-0.4, -0.2) is 43.3 Å². The van der Waals surface area contributed by atoms with Crippen LogP contribution in [0.15, 0.2) is 0 Å². The molecular weight excluding hydrogens is 376 g/mol. The van der Waals surface area contributed by atoms with Crippen LogP contribution < -0.4 is 20.4 Å². The Kier molecular flexibility index (Phi) is 77.3. The van der Waals surface area contributed by atoms with E-state index in [1.54, 1.807) is 0 Å². The molecule has 156 valence electrons. The first-order valence-corrected chi connectivity index (χ1v) is 8.88. The van der Waals surface area contributed by atoms with E-state index >= 15 is 0 Å². The second-order valence-electron chi connectivity index (χ2n) is 4.68. The summed E-state index contributed by atoms with van der Waals surface area (Å²) in [7, 11) is 0. The van der Waals surface area contributed by atoms with Gasteiger partial charge < -0.3 is 25.5 Å². The summed E-state index contributed by atoms with van der Waals surface area (Å²) >= 11 is 0. The summed E-state index contributed by atoms with van der Waals surface area (Å²) in [6.07, 6.45) is 3.84. The van der Waals surface area contributed by atoms with Crippen LogP contribution in [-0.2, 0) is 31.3 Å². The molecule has 0 saturated carbocycles. The smallest absolute Gasteiger partial charge is 0.854 e. The molecule has 0 heterocycles. The van der Waals surface area contributed by atoms with Crippen molar-refractivity contribution in [3.63, 3.8) is 0 Å². The molecule has 0 aliphatic carbocycles. The molecule has 0 fully saturated rings. The minimum absolute atomic E-state index is 0. The number of carboxylic acids is 1. The Hall–Kier alpha value is -0.306. The number of aliphatic carboxylic acids is 1. The van der Waals surface area contributed by atoms with Crippen molar-refractivity contribution in [2.75, 3.05) is 26.4 Å². The molecule has 8 heteroatoms. The monoisotopic (exact) mass is 414 g/mol. The zero-order chi connectivity index (χ0) is 20.9. The van der Waals surface area contributed by atoms with Gasteiger partial charge in [0.25, 0.3) is 0 Å². The zero-order valence-electron chi connectivity index (χ0n) is 17.2. The Bertz CT molecular complexity index is 204. The van der Waals surface area contributed by atoms with Crippen molar-refractivity contribution in [2.24, 2.45) is 0 Å². The average Bonchev–Trinajstić information content (AvgIpc) is 2.62. The molecule has 0 rings (SSSR count). The maximum Gasteiger partial charge on any atom is 4.00 e. The molecule has 0 unspecified atom stereocenters. The van der Waals surface area contributed by atoms with Crippen LogP contribution >= 0.6 is 0 Å². The van der Waals surface area contributed by atoms with Gasteiger partial charge in [0.05, 0.1) is 0 Å². The number of Topliss-reactive ketones (excluding diaryl/α,β-unsaturated/α-hetero) is 1. The molecule has 0 saturated heterocycles. The van der Waals surface area contributed by atoms with Gasteiger partial charge in [-0.1, -0.05) is 60.3 Å². The zero-order valence-corrected chi connectivity index (χ0v) is 18.7. The average molecular weight is 414 g/mol. The van der Waals surface area contributed by atoms with E-state index in [4.69, 9.17) is 5.11 Å². The molecule has 0 aromatic heterocycles. The van der Waals surface area contributed by atoms with E-state index in [2.05, 4.69) is 0 Å². The normalized spacial score (nSPS) is 7.73. The molecule has 26 heavy (non-hydrogen) atoms. The van der Waals surface area contributed by atoms with Crippen molar-refractivity contribution in [3.05, 3.63) is 0 Å². The molecule has 0 aliphatic heterocycles. The number of rotatable bonds is 8. The molecule has 0 aromatic carbocycles. The Labute approximate surface area is 174 Å². The van der Waals surface area contributed by atoms with Crippen molar-refractivity contribution in [2.45, 2.75) is 79.6 Å². The molecular formula is C18H38O7Ti. The predicted octanol–water partition coefficient (Wildman–Crippen LogP) is -0.145. The summed E-state index contributed by atoms with van der Waals surface area (Å²) in [4.78, 5) is 20.3. The topological polar surface area (TPSA) is 147 Å². The van der Waals surface area contributed by atoms with Gasteiger partial charge in [0, 0.05) is 6.42 Å². The van der Waals surface area contributed by atoms with E-state index < -0.39 is 5.97 Å². The van der Waals surface area contributed by atoms with Gasteiger partial charge in [-0.15, -0.1) is 26.4 Å². The van der Waals surface area contributed by atoms with Crippen LogP contribution in [0.5, 0.6) is 0 Å². The Morgan fingerprint density at radius 1 is 0.654 bits per heavy atom. The van der Waals surface area contributed by atoms with Gasteiger partial charge in [0.15, 0.2) is 0 Å². The molecule has 0 bridgehead atoms. The summed E-state index contributed by atoms with van der Waals surface area (Å²) in [5.74, 6) is -1.22. The first kappa shape index (κ1) is 40.4. The number of hydrogen-bond donors (Lipinski definition) is 1. The fourth-order valence-electron chi connectivity index (χ4n) is 0.536. The van der Waals surface area contributed by atoms with Crippen LogP contribution in [0.25, 0.3) is 0 Å². The molecule has 0 atom stereocenters. The SMILES string of the molecule is CCCC(=O)CC(=O)O.CCC[O-].CCC[O-].CCC[O-].CCC[O-].[Ti+4]. The Morgan fingerprint density at radius 3 is 1.00 bits per heavy atom. The van der Waals surface area contributed by atoms with Crippen molar-refractivity contribution >= 4 is 11.8 Å². The maximum atomic E-state index is 10.5. The Morgan fingerprint density at radius 2 is 0.885 bits per heavy atom. The number of carbonyl (C=O) groups is 2. The molecule has 7 nitrogen and oxygen atoms in total. The minimum Gasteiger partial charge on any atom is -0.854 e. The second kappa shape index (κ2) is 49.7. The van der Waals surface area contributed by atoms with Crippen molar-refractivity contribution in [3.8, 4) is 0 Å². The third-order valence-corrected chi connectivity index (χ3v) is 1.69. The number of carboxylic acid groups (broad SMARTS) is 1. The standard InChI is InChI=1S/C6H10O3.4C3H7O.Ti/c1-2-3-5(7)4-6(8)9;4*1-2-3-4;/h2-4H2,1H3,(H,8,9);4*2-3H2,1H3;/q;4*-1;+4. The van der Waals surface area contributed by atoms with E-state index in [9.17, 15) is 30.0 Å². The van der Waals surface area contributed by atoms with E-state index in [-0.39, 0.29) is 60.3 Å². The first-order chi connectivity index (χ1) is 11.8. The van der Waals surface area contributed by atoms with E-state index in [1.165, 1.54) is 0 Å². The molecule has 0 radical (unpaired) electrons. The summed E-state index contributed by atoms with van der Waals surface area (Å²) < 4.78 is 0. The van der Waals surface area contributed by atoms with Gasteiger partial charge in [-0.2, -0.15) is 0 Å². The summed E-state index contributed by atoms with van der Waals surface area (Å²) in [5, 5.41) is 45.3. The van der Waals surface area contributed by atoms with Crippen LogP contribution in [0.2, 0.25) is 0 Å². The van der Waals surface area contributed by atoms with Gasteiger partial charge in [0.2, 0.25) is 0 Å². The van der Waals surface area contributed by atoms with Crippen molar-refractivity contribution in [1.29, 1.82) is 0 Å². The number of ketones is 1. The molecule has 1 N–H and O–H groups in total. The fraction of sp³-hybridized carbons (Fsp3) is 0.889. The second-order valence-corrected chi connectivity index (χ2v) is 4.68. The van der Waals surface area contributed by atoms with Gasteiger partial charge in [-0.25, -0.2) is 0 Å². The minimum atomic E-state index is -1.03. The molecule has 0 amide bonds. The first-order valence-electron chi connectivity index (χ1n) is 8.88. The molecule has 0 spiro atoms. The number of hydrogen-bond acceptors (Lipinski definition) is 6. The largest absolute Gasteiger partial charge is 4.00 e. The third-order valence-electron chi connectivity index (χ3n) is 1.69. The quantitative estimate of drug-likeness (QED) is 0.429. The van der Waals surface area contributed by atoms with Gasteiger partial charge in [-0.3, -0.25) is 9.59 Å². The van der Waals surface area contributed by atoms with Crippen LogP contribution in [0.4, 0.5) is 0 Å². The van der Waals surface area contributed by atoms with E-state index in [0.717, 1.165) is 32.1 Å².